The summed E-state index contributed by atoms with van der Waals surface area (Å²) in [6.45, 7) is 2.57. The van der Waals surface area contributed by atoms with Crippen LogP contribution in [-0.2, 0) is 6.54 Å². The fourth-order valence-electron chi connectivity index (χ4n) is 2.77. The first kappa shape index (κ1) is 16.8. The molecule has 0 aliphatic carbocycles. The molecule has 0 atom stereocenters. The van der Waals surface area contributed by atoms with Crippen molar-refractivity contribution in [1.82, 2.24) is 20.0 Å². The molecule has 27 heavy (non-hydrogen) atoms. The van der Waals surface area contributed by atoms with Gasteiger partial charge in [-0.05, 0) is 49.4 Å². The second-order valence-corrected chi connectivity index (χ2v) is 6.24. The van der Waals surface area contributed by atoms with Gasteiger partial charge in [0.1, 0.15) is 5.69 Å². The quantitative estimate of drug-likeness (QED) is 0.538. The second-order valence-electron chi connectivity index (χ2n) is 6.24. The van der Waals surface area contributed by atoms with Crippen molar-refractivity contribution in [2.45, 2.75) is 13.5 Å². The van der Waals surface area contributed by atoms with E-state index in [-0.39, 0.29) is 0 Å². The largest absolute Gasteiger partial charge is 0.379 e. The summed E-state index contributed by atoms with van der Waals surface area (Å²) in [5.74, 6) is 0. The number of hydrogen-bond donors (Lipinski definition) is 2. The van der Waals surface area contributed by atoms with Gasteiger partial charge >= 0.3 is 0 Å². The Labute approximate surface area is 157 Å². The molecule has 2 heterocycles. The molecule has 6 nitrogen and oxygen atoms in total. The van der Waals surface area contributed by atoms with Gasteiger partial charge < -0.3 is 10.6 Å². The van der Waals surface area contributed by atoms with E-state index in [2.05, 4.69) is 25.9 Å². The standard InChI is InChI=1S/C21H20N6/c1-16-12-18(10-11-22-16)23-14-20-15-27(26-25-20)21-9-5-8-19(13-21)24-17-6-3-2-4-7-17/h2-13,15,24H,14H2,1H3,(H,22,23). The van der Waals surface area contributed by atoms with Crippen LogP contribution >= 0.6 is 0 Å². The Bertz CT molecular complexity index is 1030. The molecule has 0 amide bonds. The zero-order chi connectivity index (χ0) is 18.5. The number of nitrogens with one attached hydrogen (secondary N) is 2. The predicted molar refractivity (Wildman–Crippen MR) is 107 cm³/mol. The molecule has 0 unspecified atom stereocenters. The lowest BCUT2D eigenvalue weighted by Crippen LogP contribution is -2.00. The third-order valence-electron chi connectivity index (χ3n) is 4.08. The number of aromatic nitrogens is 4. The SMILES string of the molecule is Cc1cc(NCc2cn(-c3cccc(Nc4ccccc4)c3)nn2)ccn1. The molecule has 0 radical (unpaired) electrons. The molecule has 4 aromatic rings. The molecule has 2 aromatic heterocycles. The topological polar surface area (TPSA) is 67.7 Å². The van der Waals surface area contributed by atoms with Gasteiger partial charge in [0.15, 0.2) is 0 Å². The van der Waals surface area contributed by atoms with Crippen LogP contribution in [0.1, 0.15) is 11.4 Å². The average Bonchev–Trinajstić information content (AvgIpc) is 3.17. The van der Waals surface area contributed by atoms with Crippen LogP contribution in [0.25, 0.3) is 5.69 Å². The maximum atomic E-state index is 4.26. The zero-order valence-electron chi connectivity index (χ0n) is 15.0. The predicted octanol–water partition coefficient (Wildman–Crippen LogP) is 4.33. The summed E-state index contributed by atoms with van der Waals surface area (Å²) in [5, 5.41) is 15.2. The monoisotopic (exact) mass is 356 g/mol. The van der Waals surface area contributed by atoms with Gasteiger partial charge in [0, 0.05) is 29.0 Å². The van der Waals surface area contributed by atoms with Gasteiger partial charge in [0.2, 0.25) is 0 Å². The minimum Gasteiger partial charge on any atom is -0.379 e. The van der Waals surface area contributed by atoms with Crippen molar-refractivity contribution in [2.75, 3.05) is 10.6 Å². The Morgan fingerprint density at radius 1 is 0.889 bits per heavy atom. The number of hydrogen-bond acceptors (Lipinski definition) is 5. The van der Waals surface area contributed by atoms with Crippen LogP contribution in [0.5, 0.6) is 0 Å². The fraction of sp³-hybridized carbons (Fsp3) is 0.0952. The van der Waals surface area contributed by atoms with E-state index >= 15 is 0 Å². The number of anilines is 3. The number of rotatable bonds is 6. The zero-order valence-corrected chi connectivity index (χ0v) is 15.0. The minimum atomic E-state index is 0.603. The van der Waals surface area contributed by atoms with E-state index < -0.39 is 0 Å². The molecule has 0 saturated carbocycles. The van der Waals surface area contributed by atoms with E-state index in [9.17, 15) is 0 Å². The molecule has 0 spiro atoms. The van der Waals surface area contributed by atoms with Crippen molar-refractivity contribution in [3.63, 3.8) is 0 Å². The molecular formula is C21H20N6. The second kappa shape index (κ2) is 7.70. The summed E-state index contributed by atoms with van der Waals surface area (Å²) in [6.07, 6.45) is 3.72. The first-order valence-corrected chi connectivity index (χ1v) is 8.76. The first-order chi connectivity index (χ1) is 13.3. The van der Waals surface area contributed by atoms with Crippen molar-refractivity contribution < 1.29 is 0 Å². The van der Waals surface area contributed by atoms with E-state index in [0.29, 0.717) is 6.54 Å². The molecule has 4 rings (SSSR count). The smallest absolute Gasteiger partial charge is 0.102 e. The molecule has 2 aromatic carbocycles. The molecule has 0 aliphatic heterocycles. The Balaban J connectivity index is 1.45. The molecule has 0 bridgehead atoms. The van der Waals surface area contributed by atoms with E-state index in [1.807, 2.05) is 79.9 Å². The lowest BCUT2D eigenvalue weighted by molar-refractivity contribution is 0.798. The summed E-state index contributed by atoms with van der Waals surface area (Å²) in [5.41, 5.74) is 5.87. The third-order valence-corrected chi connectivity index (χ3v) is 4.08. The van der Waals surface area contributed by atoms with Crippen LogP contribution in [0.3, 0.4) is 0 Å². The van der Waals surface area contributed by atoms with Crippen LogP contribution in [0.15, 0.2) is 79.1 Å². The number of benzene rings is 2. The number of nitrogens with zero attached hydrogens (tertiary/aromatic N) is 4. The highest BCUT2D eigenvalue weighted by atomic mass is 15.4. The Morgan fingerprint density at radius 3 is 2.59 bits per heavy atom. The van der Waals surface area contributed by atoms with Crippen molar-refractivity contribution in [2.24, 2.45) is 0 Å². The summed E-state index contributed by atoms with van der Waals surface area (Å²) in [4.78, 5) is 4.20. The lowest BCUT2D eigenvalue weighted by atomic mass is 10.2. The summed E-state index contributed by atoms with van der Waals surface area (Å²) >= 11 is 0. The van der Waals surface area contributed by atoms with Gasteiger partial charge in [-0.1, -0.05) is 29.5 Å². The van der Waals surface area contributed by atoms with E-state index in [4.69, 9.17) is 0 Å². The Morgan fingerprint density at radius 2 is 1.74 bits per heavy atom. The maximum Gasteiger partial charge on any atom is 0.102 e. The Hall–Kier alpha value is -3.67. The molecular weight excluding hydrogens is 336 g/mol. The summed E-state index contributed by atoms with van der Waals surface area (Å²) in [7, 11) is 0. The Kier molecular flexibility index (Phi) is 4.78. The molecule has 0 fully saturated rings. The lowest BCUT2D eigenvalue weighted by Gasteiger charge is -2.08. The highest BCUT2D eigenvalue weighted by Crippen LogP contribution is 2.19. The third kappa shape index (κ3) is 4.30. The summed E-state index contributed by atoms with van der Waals surface area (Å²) < 4.78 is 1.78. The van der Waals surface area contributed by atoms with Crippen LogP contribution in [0.2, 0.25) is 0 Å². The van der Waals surface area contributed by atoms with Crippen molar-refractivity contribution in [1.29, 1.82) is 0 Å². The van der Waals surface area contributed by atoms with Gasteiger partial charge in [0.25, 0.3) is 0 Å². The van der Waals surface area contributed by atoms with Gasteiger partial charge in [-0.25, -0.2) is 4.68 Å². The van der Waals surface area contributed by atoms with Gasteiger partial charge in [-0.3, -0.25) is 4.98 Å². The normalized spacial score (nSPS) is 10.6. The van der Waals surface area contributed by atoms with Crippen LogP contribution in [0, 0.1) is 6.92 Å². The highest BCUT2D eigenvalue weighted by molar-refractivity contribution is 5.61. The molecule has 0 aliphatic rings. The number of pyridine rings is 1. The summed E-state index contributed by atoms with van der Waals surface area (Å²) in [6, 6.07) is 22.1. The van der Waals surface area contributed by atoms with Gasteiger partial charge in [-0.2, -0.15) is 0 Å². The van der Waals surface area contributed by atoms with Crippen LogP contribution < -0.4 is 10.6 Å². The van der Waals surface area contributed by atoms with Crippen LogP contribution in [0.4, 0.5) is 17.1 Å². The van der Waals surface area contributed by atoms with E-state index in [1.54, 1.807) is 10.9 Å². The highest BCUT2D eigenvalue weighted by Gasteiger charge is 2.04. The van der Waals surface area contributed by atoms with Gasteiger partial charge in [-0.15, -0.1) is 5.10 Å². The molecule has 6 heteroatoms. The molecule has 2 N–H and O–H groups in total. The van der Waals surface area contributed by atoms with Crippen molar-refractivity contribution in [3.05, 3.63) is 90.5 Å². The van der Waals surface area contributed by atoms with Gasteiger partial charge in [0.05, 0.1) is 18.4 Å². The van der Waals surface area contributed by atoms with Crippen molar-refractivity contribution >= 4 is 17.1 Å². The van der Waals surface area contributed by atoms with E-state index in [1.165, 1.54) is 0 Å². The fourth-order valence-corrected chi connectivity index (χ4v) is 2.77. The van der Waals surface area contributed by atoms with Crippen molar-refractivity contribution in [3.8, 4) is 5.69 Å². The average molecular weight is 356 g/mol. The molecule has 134 valence electrons. The number of para-hydroxylation sites is 1. The maximum absolute atomic E-state index is 4.26. The van der Waals surface area contributed by atoms with Crippen LogP contribution in [-0.4, -0.2) is 20.0 Å². The first-order valence-electron chi connectivity index (χ1n) is 8.76. The van der Waals surface area contributed by atoms with E-state index in [0.717, 1.165) is 34.1 Å². The number of aryl methyl sites for hydroxylation is 1. The minimum absolute atomic E-state index is 0.603. The molecule has 0 saturated heterocycles.